The summed E-state index contributed by atoms with van der Waals surface area (Å²) in [5.74, 6) is 0. The molecule has 0 heterocycles. The Morgan fingerprint density at radius 2 is 1.75 bits per heavy atom. The fraction of sp³-hybridized carbons (Fsp3) is 1.00. The Morgan fingerprint density at radius 3 is 1.75 bits per heavy atom. The van der Waals surface area contributed by atoms with Crippen LogP contribution in [0.1, 0.15) is 6.42 Å². The minimum atomic E-state index is -0.733. The van der Waals surface area contributed by atoms with Crippen LogP contribution in [0.2, 0.25) is 25.2 Å². The first-order chi connectivity index (χ1) is 3.52. The van der Waals surface area contributed by atoms with Gasteiger partial charge in [-0.05, 0) is 12.0 Å². The third kappa shape index (κ3) is 1.35. The van der Waals surface area contributed by atoms with Gasteiger partial charge in [0.05, 0.1) is 0 Å². The van der Waals surface area contributed by atoms with Gasteiger partial charge >= 0.3 is 0 Å². The van der Waals surface area contributed by atoms with E-state index in [0.717, 1.165) is 10.4 Å². The molecule has 1 rings (SSSR count). The maximum Gasteiger partial charge on any atom is 0.0486 e. The standard InChI is InChI=1S/C6H13BrSi/c1-8(2,3)6-4-5(6)7/h5-6H,4H2,1-3H3. The molecule has 0 aromatic rings. The molecule has 0 nitrogen and oxygen atoms in total. The second-order valence-corrected chi connectivity index (χ2v) is 10.4. The lowest BCUT2D eigenvalue weighted by Gasteiger charge is -2.13. The summed E-state index contributed by atoms with van der Waals surface area (Å²) >= 11 is 3.62. The first kappa shape index (κ1) is 6.81. The van der Waals surface area contributed by atoms with E-state index in [2.05, 4.69) is 35.6 Å². The molecule has 0 saturated heterocycles. The van der Waals surface area contributed by atoms with E-state index in [0.29, 0.717) is 0 Å². The summed E-state index contributed by atoms with van der Waals surface area (Å²) in [5, 5.41) is 0. The largest absolute Gasteiger partial charge is 0.0891 e. The van der Waals surface area contributed by atoms with Gasteiger partial charge < -0.3 is 0 Å². The Hall–Kier alpha value is 0.697. The molecule has 1 saturated carbocycles. The molecule has 0 bridgehead atoms. The summed E-state index contributed by atoms with van der Waals surface area (Å²) < 4.78 is 0. The van der Waals surface area contributed by atoms with Crippen molar-refractivity contribution in [3.05, 3.63) is 0 Å². The Balaban J connectivity index is 2.39. The summed E-state index contributed by atoms with van der Waals surface area (Å²) in [7, 11) is -0.733. The number of halogens is 1. The summed E-state index contributed by atoms with van der Waals surface area (Å²) in [5.41, 5.74) is 1.07. The highest BCUT2D eigenvalue weighted by Gasteiger charge is 2.44. The average molecular weight is 193 g/mol. The van der Waals surface area contributed by atoms with Crippen molar-refractivity contribution >= 4 is 24.0 Å². The van der Waals surface area contributed by atoms with Crippen LogP contribution in [0.4, 0.5) is 0 Å². The molecular weight excluding hydrogens is 180 g/mol. The van der Waals surface area contributed by atoms with E-state index >= 15 is 0 Å². The average Bonchev–Trinajstić information content (AvgIpc) is 2.13. The molecular formula is C6H13BrSi. The lowest BCUT2D eigenvalue weighted by Crippen LogP contribution is -2.20. The molecule has 8 heavy (non-hydrogen) atoms. The lowest BCUT2D eigenvalue weighted by atomic mass is 11.0. The third-order valence-corrected chi connectivity index (χ3v) is 6.19. The van der Waals surface area contributed by atoms with Gasteiger partial charge in [0.2, 0.25) is 0 Å². The normalized spacial score (nSPS) is 37.5. The lowest BCUT2D eigenvalue weighted by molar-refractivity contribution is 1.34. The van der Waals surface area contributed by atoms with Gasteiger partial charge in [-0.25, -0.2) is 0 Å². The zero-order chi connectivity index (χ0) is 6.36. The predicted octanol–water partition coefficient (Wildman–Crippen LogP) is 2.86. The topological polar surface area (TPSA) is 0 Å². The van der Waals surface area contributed by atoms with Crippen LogP contribution < -0.4 is 0 Å². The van der Waals surface area contributed by atoms with Crippen molar-refractivity contribution in [3.8, 4) is 0 Å². The maximum absolute atomic E-state index is 3.62. The first-order valence-corrected chi connectivity index (χ1v) is 7.65. The predicted molar refractivity (Wildman–Crippen MR) is 44.4 cm³/mol. The Kier molecular flexibility index (Phi) is 1.57. The quantitative estimate of drug-likeness (QED) is 0.443. The van der Waals surface area contributed by atoms with Crippen LogP contribution in [0.5, 0.6) is 0 Å². The summed E-state index contributed by atoms with van der Waals surface area (Å²) in [6.45, 7) is 7.33. The van der Waals surface area contributed by atoms with Gasteiger partial charge in [0.15, 0.2) is 0 Å². The van der Waals surface area contributed by atoms with Crippen molar-refractivity contribution in [2.75, 3.05) is 0 Å². The van der Waals surface area contributed by atoms with Gasteiger partial charge in [0.1, 0.15) is 0 Å². The Morgan fingerprint density at radius 1 is 1.38 bits per heavy atom. The monoisotopic (exact) mass is 192 g/mol. The van der Waals surface area contributed by atoms with Crippen molar-refractivity contribution in [2.45, 2.75) is 36.4 Å². The van der Waals surface area contributed by atoms with E-state index in [1.165, 1.54) is 6.42 Å². The minimum absolute atomic E-state index is 0.733. The number of hydrogen-bond acceptors (Lipinski definition) is 0. The number of hydrogen-bond donors (Lipinski definition) is 0. The van der Waals surface area contributed by atoms with E-state index in [1.807, 2.05) is 0 Å². The molecule has 1 aliphatic carbocycles. The van der Waals surface area contributed by atoms with Crippen LogP contribution in [-0.4, -0.2) is 12.9 Å². The highest BCUT2D eigenvalue weighted by atomic mass is 79.9. The van der Waals surface area contributed by atoms with Gasteiger partial charge in [-0.15, -0.1) is 0 Å². The summed E-state index contributed by atoms with van der Waals surface area (Å²) in [6.07, 6.45) is 1.44. The molecule has 2 unspecified atom stereocenters. The van der Waals surface area contributed by atoms with E-state index in [9.17, 15) is 0 Å². The second-order valence-electron chi connectivity index (χ2n) is 3.72. The molecule has 0 radical (unpaired) electrons. The third-order valence-electron chi connectivity index (χ3n) is 1.82. The Labute approximate surface area is 60.8 Å². The molecule has 2 heteroatoms. The SMILES string of the molecule is C[Si](C)(C)C1CC1Br. The van der Waals surface area contributed by atoms with Crippen LogP contribution in [0.3, 0.4) is 0 Å². The molecule has 1 aliphatic rings. The first-order valence-electron chi connectivity index (χ1n) is 3.16. The van der Waals surface area contributed by atoms with Crippen LogP contribution in [0.25, 0.3) is 0 Å². The minimum Gasteiger partial charge on any atom is -0.0891 e. The zero-order valence-corrected chi connectivity index (χ0v) is 8.33. The van der Waals surface area contributed by atoms with Gasteiger partial charge in [0, 0.05) is 12.9 Å². The highest BCUT2D eigenvalue weighted by molar-refractivity contribution is 9.09. The number of rotatable bonds is 1. The van der Waals surface area contributed by atoms with E-state index in [-0.39, 0.29) is 0 Å². The van der Waals surface area contributed by atoms with Gasteiger partial charge in [-0.1, -0.05) is 35.6 Å². The second kappa shape index (κ2) is 1.84. The van der Waals surface area contributed by atoms with E-state index < -0.39 is 8.07 Å². The van der Waals surface area contributed by atoms with Crippen LogP contribution in [-0.2, 0) is 0 Å². The smallest absolute Gasteiger partial charge is 0.0486 e. The molecule has 0 N–H and O–H groups in total. The molecule has 0 amide bonds. The van der Waals surface area contributed by atoms with E-state index in [1.54, 1.807) is 0 Å². The fourth-order valence-corrected chi connectivity index (χ4v) is 6.23. The molecule has 0 aliphatic heterocycles. The fourth-order valence-electron chi connectivity index (χ4n) is 1.06. The van der Waals surface area contributed by atoms with Crippen LogP contribution in [0, 0.1) is 0 Å². The van der Waals surface area contributed by atoms with Gasteiger partial charge in [-0.2, -0.15) is 0 Å². The summed E-state index contributed by atoms with van der Waals surface area (Å²) in [6, 6.07) is 0. The van der Waals surface area contributed by atoms with E-state index in [4.69, 9.17) is 0 Å². The highest BCUT2D eigenvalue weighted by Crippen LogP contribution is 2.50. The Bertz CT molecular complexity index is 95.2. The molecule has 2 atom stereocenters. The van der Waals surface area contributed by atoms with Crippen molar-refractivity contribution in [2.24, 2.45) is 0 Å². The van der Waals surface area contributed by atoms with Gasteiger partial charge in [-0.3, -0.25) is 0 Å². The van der Waals surface area contributed by atoms with Crippen LogP contribution >= 0.6 is 15.9 Å². The molecule has 0 spiro atoms. The molecule has 1 fully saturated rings. The number of alkyl halides is 1. The zero-order valence-electron chi connectivity index (χ0n) is 5.74. The molecule has 48 valence electrons. The van der Waals surface area contributed by atoms with Crippen molar-refractivity contribution in [3.63, 3.8) is 0 Å². The maximum atomic E-state index is 3.62. The molecule has 0 aromatic carbocycles. The summed E-state index contributed by atoms with van der Waals surface area (Å²) in [4.78, 5) is 0.883. The van der Waals surface area contributed by atoms with Crippen molar-refractivity contribution < 1.29 is 0 Å². The molecule has 0 aromatic heterocycles. The van der Waals surface area contributed by atoms with Gasteiger partial charge in [0.25, 0.3) is 0 Å². The van der Waals surface area contributed by atoms with Crippen molar-refractivity contribution in [1.82, 2.24) is 0 Å². The van der Waals surface area contributed by atoms with Crippen LogP contribution in [0.15, 0.2) is 0 Å². The van der Waals surface area contributed by atoms with Crippen molar-refractivity contribution in [1.29, 1.82) is 0 Å².